The molecule has 0 aromatic rings. The minimum Gasteiger partial charge on any atom is -0.465 e. The average Bonchev–Trinajstić information content (AvgIpc) is 1.88. The first kappa shape index (κ1) is 7.05. The van der Waals surface area contributed by atoms with Crippen molar-refractivity contribution in [3.8, 4) is 0 Å². The maximum atomic E-state index is 10.4. The first-order valence-electron chi connectivity index (χ1n) is 3.08. The molecule has 1 aliphatic heterocycles. The Hall–Kier alpha value is -1.06. The van der Waals surface area contributed by atoms with Gasteiger partial charge in [0.25, 0.3) is 0 Å². The van der Waals surface area contributed by atoms with E-state index in [1.807, 2.05) is 0 Å². The van der Waals surface area contributed by atoms with Crippen LogP contribution in [-0.4, -0.2) is 28.5 Å². The highest BCUT2D eigenvalue weighted by atomic mass is 16.4. The SMILES string of the molecule is CC1=N[CH]CCN1C(=O)O. The second-order valence-corrected chi connectivity index (χ2v) is 2.08. The van der Waals surface area contributed by atoms with Crippen LogP contribution in [0.5, 0.6) is 0 Å². The predicted molar refractivity (Wildman–Crippen MR) is 36.8 cm³/mol. The number of amidine groups is 1. The van der Waals surface area contributed by atoms with Crippen LogP contribution in [0.3, 0.4) is 0 Å². The summed E-state index contributed by atoms with van der Waals surface area (Å²) in [5.41, 5.74) is 0. The molecule has 0 saturated heterocycles. The number of nitrogens with zero attached hydrogens (tertiary/aromatic N) is 2. The normalized spacial score (nSPS) is 18.5. The van der Waals surface area contributed by atoms with Crippen LogP contribution in [0.15, 0.2) is 4.99 Å². The molecule has 0 spiro atoms. The monoisotopic (exact) mass is 141 g/mol. The Balaban J connectivity index is 2.67. The Labute approximate surface area is 59.2 Å². The Bertz CT molecular complexity index is 177. The van der Waals surface area contributed by atoms with E-state index in [0.29, 0.717) is 18.8 Å². The summed E-state index contributed by atoms with van der Waals surface area (Å²) < 4.78 is 0. The van der Waals surface area contributed by atoms with E-state index in [1.165, 1.54) is 4.90 Å². The summed E-state index contributed by atoms with van der Waals surface area (Å²) in [5, 5.41) is 8.54. The number of carboxylic acid groups (broad SMARTS) is 1. The lowest BCUT2D eigenvalue weighted by atomic mass is 10.3. The molecule has 1 radical (unpaired) electrons. The Morgan fingerprint density at radius 1 is 1.90 bits per heavy atom. The summed E-state index contributed by atoms with van der Waals surface area (Å²) in [6.45, 7) is 3.95. The molecule has 0 aromatic carbocycles. The zero-order valence-electron chi connectivity index (χ0n) is 5.74. The number of carbonyl (C=O) groups is 1. The van der Waals surface area contributed by atoms with Gasteiger partial charge >= 0.3 is 6.09 Å². The molecule has 1 heterocycles. The van der Waals surface area contributed by atoms with Gasteiger partial charge in [0, 0.05) is 6.54 Å². The highest BCUT2D eigenvalue weighted by molar-refractivity contribution is 5.93. The van der Waals surface area contributed by atoms with Crippen molar-refractivity contribution in [2.45, 2.75) is 13.3 Å². The van der Waals surface area contributed by atoms with Crippen molar-refractivity contribution in [3.05, 3.63) is 6.54 Å². The van der Waals surface area contributed by atoms with Crippen LogP contribution in [0.2, 0.25) is 0 Å². The van der Waals surface area contributed by atoms with Crippen LogP contribution in [0.4, 0.5) is 4.79 Å². The van der Waals surface area contributed by atoms with Crippen LogP contribution >= 0.6 is 0 Å². The van der Waals surface area contributed by atoms with Crippen LogP contribution in [0.1, 0.15) is 13.3 Å². The van der Waals surface area contributed by atoms with Gasteiger partial charge in [-0.1, -0.05) is 0 Å². The molecule has 55 valence electrons. The quantitative estimate of drug-likeness (QED) is 0.546. The molecule has 0 atom stereocenters. The number of aliphatic imine (C=N–C) groups is 1. The maximum absolute atomic E-state index is 10.4. The molecule has 0 aromatic heterocycles. The fraction of sp³-hybridized carbons (Fsp3) is 0.500. The van der Waals surface area contributed by atoms with Gasteiger partial charge < -0.3 is 5.11 Å². The van der Waals surface area contributed by atoms with E-state index in [9.17, 15) is 4.79 Å². The molecule has 1 N–H and O–H groups in total. The van der Waals surface area contributed by atoms with Crippen LogP contribution in [0, 0.1) is 6.54 Å². The Morgan fingerprint density at radius 3 is 3.00 bits per heavy atom. The highest BCUT2D eigenvalue weighted by Gasteiger charge is 2.16. The molecule has 4 heteroatoms. The van der Waals surface area contributed by atoms with Crippen molar-refractivity contribution in [1.29, 1.82) is 0 Å². The molecule has 1 aliphatic rings. The summed E-state index contributed by atoms with van der Waals surface area (Å²) in [4.78, 5) is 15.5. The fourth-order valence-corrected chi connectivity index (χ4v) is 0.849. The molecule has 0 bridgehead atoms. The van der Waals surface area contributed by atoms with Crippen LogP contribution < -0.4 is 0 Å². The molecule has 4 nitrogen and oxygen atoms in total. The van der Waals surface area contributed by atoms with Gasteiger partial charge in [-0.3, -0.25) is 9.89 Å². The van der Waals surface area contributed by atoms with Crippen molar-refractivity contribution >= 4 is 11.9 Å². The van der Waals surface area contributed by atoms with Gasteiger partial charge in [-0.25, -0.2) is 4.79 Å². The highest BCUT2D eigenvalue weighted by Crippen LogP contribution is 2.05. The Kier molecular flexibility index (Phi) is 1.89. The van der Waals surface area contributed by atoms with Gasteiger partial charge in [-0.05, 0) is 13.3 Å². The summed E-state index contributed by atoms with van der Waals surface area (Å²) in [6, 6.07) is 0. The topological polar surface area (TPSA) is 52.9 Å². The van der Waals surface area contributed by atoms with Gasteiger partial charge in [0.1, 0.15) is 5.84 Å². The maximum Gasteiger partial charge on any atom is 0.412 e. The molecular weight excluding hydrogens is 132 g/mol. The van der Waals surface area contributed by atoms with Gasteiger partial charge in [-0.15, -0.1) is 0 Å². The van der Waals surface area contributed by atoms with E-state index < -0.39 is 6.09 Å². The summed E-state index contributed by atoms with van der Waals surface area (Å²) in [7, 11) is 0. The zero-order chi connectivity index (χ0) is 7.56. The third-order valence-electron chi connectivity index (χ3n) is 1.38. The largest absolute Gasteiger partial charge is 0.465 e. The lowest BCUT2D eigenvalue weighted by Gasteiger charge is -2.21. The molecule has 10 heavy (non-hydrogen) atoms. The van der Waals surface area contributed by atoms with Gasteiger partial charge in [0.2, 0.25) is 0 Å². The molecule has 1 amide bonds. The predicted octanol–water partition coefficient (Wildman–Crippen LogP) is 0.950. The van der Waals surface area contributed by atoms with E-state index in [4.69, 9.17) is 5.11 Å². The van der Waals surface area contributed by atoms with E-state index in [0.717, 1.165) is 0 Å². The second kappa shape index (κ2) is 2.68. The van der Waals surface area contributed by atoms with Crippen molar-refractivity contribution in [1.82, 2.24) is 4.90 Å². The van der Waals surface area contributed by atoms with E-state index >= 15 is 0 Å². The number of amides is 1. The lowest BCUT2D eigenvalue weighted by molar-refractivity contribution is 0.168. The van der Waals surface area contributed by atoms with Gasteiger partial charge in [0.05, 0.1) is 6.54 Å². The first-order valence-corrected chi connectivity index (χ1v) is 3.08. The second-order valence-electron chi connectivity index (χ2n) is 2.08. The van der Waals surface area contributed by atoms with E-state index in [2.05, 4.69) is 4.99 Å². The molecule has 0 saturated carbocycles. The molecule has 0 aliphatic carbocycles. The molecular formula is C6H9N2O2. The summed E-state index contributed by atoms with van der Waals surface area (Å²) in [6.07, 6.45) is -0.210. The summed E-state index contributed by atoms with van der Waals surface area (Å²) >= 11 is 0. The zero-order valence-corrected chi connectivity index (χ0v) is 5.74. The molecule has 1 rings (SSSR count). The molecule has 0 unspecified atom stereocenters. The number of hydrogen-bond acceptors (Lipinski definition) is 2. The van der Waals surface area contributed by atoms with Crippen molar-refractivity contribution in [3.63, 3.8) is 0 Å². The smallest absolute Gasteiger partial charge is 0.412 e. The van der Waals surface area contributed by atoms with E-state index in [-0.39, 0.29) is 0 Å². The van der Waals surface area contributed by atoms with Crippen LogP contribution in [-0.2, 0) is 0 Å². The third kappa shape index (κ3) is 1.26. The fourth-order valence-electron chi connectivity index (χ4n) is 0.849. The average molecular weight is 141 g/mol. The third-order valence-corrected chi connectivity index (χ3v) is 1.38. The van der Waals surface area contributed by atoms with Crippen LogP contribution in [0.25, 0.3) is 0 Å². The molecule has 0 fully saturated rings. The standard InChI is InChI=1S/C6H9N2O2/c1-5-7-3-2-4-8(5)6(9)10/h3H,2,4H2,1H3,(H,9,10). The number of rotatable bonds is 0. The minimum atomic E-state index is -0.922. The minimum absolute atomic E-state index is 0.532. The first-order chi connectivity index (χ1) is 4.72. The van der Waals surface area contributed by atoms with Gasteiger partial charge in [0.15, 0.2) is 0 Å². The number of hydrogen-bond donors (Lipinski definition) is 1. The summed E-state index contributed by atoms with van der Waals surface area (Å²) in [5.74, 6) is 0.554. The lowest BCUT2D eigenvalue weighted by Crippen LogP contribution is -2.36. The van der Waals surface area contributed by atoms with Crippen molar-refractivity contribution in [2.75, 3.05) is 6.54 Å². The van der Waals surface area contributed by atoms with Crippen molar-refractivity contribution < 1.29 is 9.90 Å². The Morgan fingerprint density at radius 2 is 2.60 bits per heavy atom. The van der Waals surface area contributed by atoms with Gasteiger partial charge in [-0.2, -0.15) is 0 Å². The van der Waals surface area contributed by atoms with E-state index in [1.54, 1.807) is 13.5 Å². The van der Waals surface area contributed by atoms with Crippen molar-refractivity contribution in [2.24, 2.45) is 4.99 Å².